The summed E-state index contributed by atoms with van der Waals surface area (Å²) < 4.78 is 4.80. The molecule has 0 aliphatic heterocycles. The minimum atomic E-state index is -0.328. The number of nitrogens with zero attached hydrogens (tertiary/aromatic N) is 2. The van der Waals surface area contributed by atoms with Crippen LogP contribution in [0.5, 0.6) is 0 Å². The van der Waals surface area contributed by atoms with Crippen LogP contribution in [0.25, 0.3) is 0 Å². The number of hydrogen-bond donors (Lipinski definition) is 0. The molecule has 0 aromatic carbocycles. The summed E-state index contributed by atoms with van der Waals surface area (Å²) >= 11 is 11.5. The van der Waals surface area contributed by atoms with E-state index in [0.717, 1.165) is 24.1 Å². The quantitative estimate of drug-likeness (QED) is 0.342. The maximum absolute atomic E-state index is 10.2. The van der Waals surface area contributed by atoms with Crippen LogP contribution < -0.4 is 0 Å². The number of aryl methyl sites for hydroxylation is 1. The second-order valence-corrected chi connectivity index (χ2v) is 5.82. The van der Waals surface area contributed by atoms with E-state index >= 15 is 0 Å². The van der Waals surface area contributed by atoms with Crippen molar-refractivity contribution < 1.29 is 9.53 Å². The third-order valence-corrected chi connectivity index (χ3v) is 2.64. The summed E-state index contributed by atoms with van der Waals surface area (Å²) in [6.45, 7) is 19.0. The van der Waals surface area contributed by atoms with Gasteiger partial charge in [0.15, 0.2) is 0 Å². The fraction of sp³-hybridized carbons (Fsp3) is 0.722. The van der Waals surface area contributed by atoms with Crippen LogP contribution >= 0.6 is 23.2 Å². The molecule has 1 aromatic rings. The molecule has 0 bridgehead atoms. The van der Waals surface area contributed by atoms with Crippen molar-refractivity contribution in [1.29, 1.82) is 0 Å². The Morgan fingerprint density at radius 3 is 1.71 bits per heavy atom. The average molecular weight is 381 g/mol. The monoisotopic (exact) mass is 380 g/mol. The van der Waals surface area contributed by atoms with E-state index < -0.39 is 0 Å². The van der Waals surface area contributed by atoms with Crippen LogP contribution in [0.3, 0.4) is 0 Å². The number of aromatic nitrogens is 2. The first-order valence-corrected chi connectivity index (χ1v) is 9.26. The molecule has 1 rings (SSSR count). The van der Waals surface area contributed by atoms with Crippen molar-refractivity contribution in [2.45, 2.75) is 87.7 Å². The molecule has 0 N–H and O–H groups in total. The van der Waals surface area contributed by atoms with E-state index in [-0.39, 0.29) is 16.9 Å². The molecule has 0 amide bonds. The minimum Gasteiger partial charge on any atom is -0.460 e. The SMILES string of the molecule is CC.CC.CC(=O)OC(C)(C)C.CCc1nc(Cl)nc(Cl)c1CC. The first kappa shape index (κ1) is 28.0. The Bertz CT molecular complexity index is 459. The molecule has 142 valence electrons. The number of hydrogen-bond acceptors (Lipinski definition) is 4. The maximum Gasteiger partial charge on any atom is 0.303 e. The molecule has 0 aliphatic rings. The number of rotatable bonds is 2. The minimum absolute atomic E-state index is 0.225. The van der Waals surface area contributed by atoms with E-state index in [1.807, 2.05) is 62.3 Å². The van der Waals surface area contributed by atoms with Crippen molar-refractivity contribution in [2.75, 3.05) is 0 Å². The molecular weight excluding hydrogens is 347 g/mol. The van der Waals surface area contributed by atoms with Gasteiger partial charge in [0, 0.05) is 18.2 Å². The average Bonchev–Trinajstić information content (AvgIpc) is 2.48. The molecule has 4 nitrogen and oxygen atoms in total. The molecular formula is C18H34Cl2N2O2. The summed E-state index contributed by atoms with van der Waals surface area (Å²) in [4.78, 5) is 18.2. The molecule has 0 atom stereocenters. The van der Waals surface area contributed by atoms with Gasteiger partial charge in [0.1, 0.15) is 10.8 Å². The van der Waals surface area contributed by atoms with Crippen LogP contribution in [0.2, 0.25) is 10.4 Å². The van der Waals surface area contributed by atoms with Crippen molar-refractivity contribution in [3.05, 3.63) is 21.7 Å². The van der Waals surface area contributed by atoms with Gasteiger partial charge in [-0.1, -0.05) is 53.1 Å². The van der Waals surface area contributed by atoms with E-state index in [2.05, 4.69) is 9.97 Å². The zero-order valence-corrected chi connectivity index (χ0v) is 18.4. The summed E-state index contributed by atoms with van der Waals surface area (Å²) in [7, 11) is 0. The van der Waals surface area contributed by atoms with E-state index in [1.54, 1.807) is 0 Å². The number of carbonyl (C=O) groups is 1. The van der Waals surface area contributed by atoms with Gasteiger partial charge in [0.25, 0.3) is 0 Å². The number of esters is 1. The molecule has 0 unspecified atom stereocenters. The lowest BCUT2D eigenvalue weighted by molar-refractivity contribution is -0.151. The molecule has 0 saturated carbocycles. The van der Waals surface area contributed by atoms with Gasteiger partial charge in [-0.3, -0.25) is 4.79 Å². The Morgan fingerprint density at radius 1 is 1.00 bits per heavy atom. The van der Waals surface area contributed by atoms with Crippen molar-refractivity contribution in [3.63, 3.8) is 0 Å². The van der Waals surface area contributed by atoms with Crippen LogP contribution in [-0.4, -0.2) is 21.5 Å². The largest absolute Gasteiger partial charge is 0.460 e. The van der Waals surface area contributed by atoms with E-state index in [0.29, 0.717) is 5.15 Å². The third-order valence-electron chi connectivity index (χ3n) is 2.15. The fourth-order valence-electron chi connectivity index (χ4n) is 1.54. The van der Waals surface area contributed by atoms with Crippen LogP contribution in [-0.2, 0) is 22.4 Å². The molecule has 0 fully saturated rings. The van der Waals surface area contributed by atoms with Gasteiger partial charge in [0.05, 0.1) is 0 Å². The molecule has 1 heterocycles. The summed E-state index contributed by atoms with van der Waals surface area (Å²) in [6, 6.07) is 0. The highest BCUT2D eigenvalue weighted by molar-refractivity contribution is 6.32. The predicted molar refractivity (Wildman–Crippen MR) is 105 cm³/mol. The molecule has 0 radical (unpaired) electrons. The standard InChI is InChI=1S/C8H10Cl2N2.C6H12O2.2C2H6/c1-3-5-6(4-2)11-8(10)12-7(5)9;1-5(7)8-6(2,3)4;2*1-2/h3-4H2,1-2H3;1-4H3;2*1-2H3. The van der Waals surface area contributed by atoms with Gasteiger partial charge in [-0.05, 0) is 45.2 Å². The Morgan fingerprint density at radius 2 is 1.46 bits per heavy atom. The predicted octanol–water partition coefficient (Wildman–Crippen LogP) is 6.31. The number of ether oxygens (including phenoxy) is 1. The van der Waals surface area contributed by atoms with Crippen LogP contribution in [0, 0.1) is 0 Å². The van der Waals surface area contributed by atoms with Gasteiger partial charge >= 0.3 is 5.97 Å². The summed E-state index contributed by atoms with van der Waals surface area (Å²) in [5.41, 5.74) is 1.62. The van der Waals surface area contributed by atoms with Gasteiger partial charge in [0.2, 0.25) is 5.28 Å². The summed E-state index contributed by atoms with van der Waals surface area (Å²) in [5, 5.41) is 0.711. The topological polar surface area (TPSA) is 52.1 Å². The first-order valence-electron chi connectivity index (χ1n) is 8.51. The Balaban J connectivity index is -0.000000321. The fourth-order valence-corrected chi connectivity index (χ4v) is 2.10. The summed E-state index contributed by atoms with van der Waals surface area (Å²) in [6.07, 6.45) is 1.68. The van der Waals surface area contributed by atoms with E-state index in [1.165, 1.54) is 6.92 Å². The van der Waals surface area contributed by atoms with Crippen LogP contribution in [0.15, 0.2) is 0 Å². The van der Waals surface area contributed by atoms with E-state index in [9.17, 15) is 4.79 Å². The highest BCUT2D eigenvalue weighted by atomic mass is 35.5. The third kappa shape index (κ3) is 14.7. The van der Waals surface area contributed by atoms with Gasteiger partial charge in [-0.15, -0.1) is 0 Å². The zero-order chi connectivity index (χ0) is 19.9. The van der Waals surface area contributed by atoms with Crippen LogP contribution in [0.1, 0.15) is 80.5 Å². The lowest BCUT2D eigenvalue weighted by Crippen LogP contribution is -2.21. The van der Waals surface area contributed by atoms with Crippen molar-refractivity contribution >= 4 is 29.2 Å². The Hall–Kier alpha value is -0.870. The molecule has 24 heavy (non-hydrogen) atoms. The van der Waals surface area contributed by atoms with Gasteiger partial charge in [-0.2, -0.15) is 0 Å². The van der Waals surface area contributed by atoms with Crippen molar-refractivity contribution in [1.82, 2.24) is 9.97 Å². The normalized spacial score (nSPS) is 9.33. The van der Waals surface area contributed by atoms with Crippen molar-refractivity contribution in [3.8, 4) is 0 Å². The highest BCUT2D eigenvalue weighted by Gasteiger charge is 2.11. The van der Waals surface area contributed by atoms with Crippen LogP contribution in [0.4, 0.5) is 0 Å². The zero-order valence-electron chi connectivity index (χ0n) is 16.9. The first-order chi connectivity index (χ1) is 11.1. The number of halogens is 2. The molecule has 6 heteroatoms. The molecule has 1 aromatic heterocycles. The lowest BCUT2D eigenvalue weighted by atomic mass is 10.1. The van der Waals surface area contributed by atoms with E-state index in [4.69, 9.17) is 27.9 Å². The van der Waals surface area contributed by atoms with Gasteiger partial charge < -0.3 is 4.74 Å². The smallest absolute Gasteiger partial charge is 0.303 e. The second kappa shape index (κ2) is 15.6. The summed E-state index contributed by atoms with van der Waals surface area (Å²) in [5.74, 6) is -0.225. The second-order valence-electron chi connectivity index (χ2n) is 5.12. The molecule has 0 saturated heterocycles. The molecule has 0 aliphatic carbocycles. The van der Waals surface area contributed by atoms with Crippen molar-refractivity contribution in [2.24, 2.45) is 0 Å². The Labute approximate surface area is 158 Å². The Kier molecular flexibility index (Phi) is 18.2. The molecule has 0 spiro atoms. The number of carbonyl (C=O) groups excluding carboxylic acids is 1. The highest BCUT2D eigenvalue weighted by Crippen LogP contribution is 2.19. The maximum atomic E-state index is 10.2. The van der Waals surface area contributed by atoms with Gasteiger partial charge in [-0.25, -0.2) is 9.97 Å². The lowest BCUT2D eigenvalue weighted by Gasteiger charge is -2.17.